The standard InChI is InChI=1S/C21H25N3O3S/c1-4-5-10-22-19(25)13-27-21(26)18-11-17-15(3)23-24(20(17)28-18)12-16-8-6-14(2)7-9-16/h6-9,11H,4-5,10,12-13H2,1-3H3,(H,22,25). The van der Waals surface area contributed by atoms with Crippen LogP contribution in [0.15, 0.2) is 30.3 Å². The number of fused-ring (bicyclic) bond motifs is 1. The third-order valence-corrected chi connectivity index (χ3v) is 5.58. The van der Waals surface area contributed by atoms with Crippen LogP contribution in [-0.4, -0.2) is 34.8 Å². The second-order valence-electron chi connectivity index (χ2n) is 6.84. The van der Waals surface area contributed by atoms with E-state index in [4.69, 9.17) is 4.74 Å². The van der Waals surface area contributed by atoms with Gasteiger partial charge in [0, 0.05) is 11.9 Å². The number of carbonyl (C=O) groups is 2. The van der Waals surface area contributed by atoms with Crippen LogP contribution >= 0.6 is 11.3 Å². The Morgan fingerprint density at radius 2 is 1.96 bits per heavy atom. The summed E-state index contributed by atoms with van der Waals surface area (Å²) in [7, 11) is 0. The van der Waals surface area contributed by atoms with Gasteiger partial charge in [-0.2, -0.15) is 5.10 Å². The molecule has 0 saturated carbocycles. The number of thiophene rings is 1. The molecule has 28 heavy (non-hydrogen) atoms. The fourth-order valence-corrected chi connectivity index (χ4v) is 3.90. The van der Waals surface area contributed by atoms with E-state index in [1.807, 2.05) is 11.6 Å². The molecule has 0 saturated heterocycles. The number of rotatable bonds is 8. The van der Waals surface area contributed by atoms with Crippen molar-refractivity contribution in [3.05, 3.63) is 52.0 Å². The molecule has 0 radical (unpaired) electrons. The molecule has 0 bridgehead atoms. The van der Waals surface area contributed by atoms with Gasteiger partial charge in [0.2, 0.25) is 0 Å². The van der Waals surface area contributed by atoms with E-state index in [1.165, 1.54) is 16.9 Å². The topological polar surface area (TPSA) is 73.2 Å². The molecule has 2 aromatic heterocycles. The van der Waals surface area contributed by atoms with Gasteiger partial charge in [0.15, 0.2) is 6.61 Å². The predicted molar refractivity (Wildman–Crippen MR) is 111 cm³/mol. The molecule has 0 spiro atoms. The third kappa shape index (κ3) is 4.78. The molecule has 0 atom stereocenters. The number of hydrogen-bond donors (Lipinski definition) is 1. The molecule has 0 aliphatic carbocycles. The zero-order valence-electron chi connectivity index (χ0n) is 16.4. The Labute approximate surface area is 168 Å². The van der Waals surface area contributed by atoms with Crippen LogP contribution in [0.4, 0.5) is 0 Å². The first kappa shape index (κ1) is 20.1. The third-order valence-electron chi connectivity index (χ3n) is 4.45. The summed E-state index contributed by atoms with van der Waals surface area (Å²) < 4.78 is 7.07. The van der Waals surface area contributed by atoms with Crippen LogP contribution in [0.2, 0.25) is 0 Å². The van der Waals surface area contributed by atoms with Crippen LogP contribution in [0, 0.1) is 13.8 Å². The Hall–Kier alpha value is -2.67. The summed E-state index contributed by atoms with van der Waals surface area (Å²) in [4.78, 5) is 25.5. The van der Waals surface area contributed by atoms with Crippen molar-refractivity contribution in [2.45, 2.75) is 40.2 Å². The Bertz CT molecular complexity index is 973. The molecule has 1 amide bonds. The molecule has 0 aliphatic heterocycles. The van der Waals surface area contributed by atoms with Gasteiger partial charge in [-0.05, 0) is 31.9 Å². The molecule has 2 heterocycles. The molecule has 1 N–H and O–H groups in total. The van der Waals surface area contributed by atoms with E-state index in [0.717, 1.165) is 34.3 Å². The molecule has 0 unspecified atom stereocenters. The van der Waals surface area contributed by atoms with E-state index in [-0.39, 0.29) is 12.5 Å². The van der Waals surface area contributed by atoms with Gasteiger partial charge in [-0.3, -0.25) is 9.48 Å². The zero-order valence-corrected chi connectivity index (χ0v) is 17.3. The number of carbonyl (C=O) groups excluding carboxylic acids is 2. The monoisotopic (exact) mass is 399 g/mol. The first-order chi connectivity index (χ1) is 13.5. The smallest absolute Gasteiger partial charge is 0.348 e. The number of benzene rings is 1. The number of aryl methyl sites for hydroxylation is 2. The Morgan fingerprint density at radius 3 is 2.68 bits per heavy atom. The number of amides is 1. The number of hydrogen-bond acceptors (Lipinski definition) is 5. The molecule has 7 heteroatoms. The normalized spacial score (nSPS) is 11.0. The molecular weight excluding hydrogens is 374 g/mol. The average molecular weight is 400 g/mol. The molecule has 3 rings (SSSR count). The fourth-order valence-electron chi connectivity index (χ4n) is 2.84. The highest BCUT2D eigenvalue weighted by atomic mass is 32.1. The first-order valence-electron chi connectivity index (χ1n) is 9.44. The van der Waals surface area contributed by atoms with Crippen molar-refractivity contribution in [3.8, 4) is 0 Å². The fraction of sp³-hybridized carbons (Fsp3) is 0.381. The van der Waals surface area contributed by atoms with Crippen molar-refractivity contribution < 1.29 is 14.3 Å². The molecule has 148 valence electrons. The highest BCUT2D eigenvalue weighted by Crippen LogP contribution is 2.29. The van der Waals surface area contributed by atoms with E-state index in [9.17, 15) is 9.59 Å². The van der Waals surface area contributed by atoms with E-state index in [0.29, 0.717) is 18.0 Å². The first-order valence-corrected chi connectivity index (χ1v) is 10.3. The van der Waals surface area contributed by atoms with Gasteiger partial charge in [-0.1, -0.05) is 43.2 Å². The summed E-state index contributed by atoms with van der Waals surface area (Å²) in [5.74, 6) is -0.752. The van der Waals surface area contributed by atoms with Crippen molar-refractivity contribution in [1.29, 1.82) is 0 Å². The molecule has 6 nitrogen and oxygen atoms in total. The maximum atomic E-state index is 12.3. The average Bonchev–Trinajstić information content (AvgIpc) is 3.23. The van der Waals surface area contributed by atoms with E-state index in [2.05, 4.69) is 48.5 Å². The second-order valence-corrected chi connectivity index (χ2v) is 7.87. The van der Waals surface area contributed by atoms with Crippen molar-refractivity contribution in [2.75, 3.05) is 13.2 Å². The van der Waals surface area contributed by atoms with Crippen LogP contribution in [0.25, 0.3) is 10.2 Å². The minimum absolute atomic E-state index is 0.259. The van der Waals surface area contributed by atoms with Gasteiger partial charge in [0.1, 0.15) is 9.71 Å². The summed E-state index contributed by atoms with van der Waals surface area (Å²) in [5.41, 5.74) is 3.23. The number of nitrogens with one attached hydrogen (secondary N) is 1. The Kier molecular flexibility index (Phi) is 6.46. The lowest BCUT2D eigenvalue weighted by atomic mass is 10.1. The second kappa shape index (κ2) is 9.01. The van der Waals surface area contributed by atoms with Gasteiger partial charge in [0.05, 0.1) is 12.2 Å². The van der Waals surface area contributed by atoms with E-state index in [1.54, 1.807) is 6.07 Å². The molecular formula is C21H25N3O3S. The lowest BCUT2D eigenvalue weighted by Gasteiger charge is -2.05. The number of unbranched alkanes of at least 4 members (excludes halogenated alkanes) is 1. The Balaban J connectivity index is 1.69. The van der Waals surface area contributed by atoms with Crippen LogP contribution in [0.5, 0.6) is 0 Å². The summed E-state index contributed by atoms with van der Waals surface area (Å²) in [6.45, 7) is 7.02. The molecule has 3 aromatic rings. The van der Waals surface area contributed by atoms with Crippen LogP contribution < -0.4 is 5.32 Å². The quantitative estimate of drug-likeness (QED) is 0.461. The van der Waals surface area contributed by atoms with Gasteiger partial charge in [-0.25, -0.2) is 4.79 Å². The summed E-state index contributed by atoms with van der Waals surface area (Å²) in [5, 5.41) is 8.27. The lowest BCUT2D eigenvalue weighted by Crippen LogP contribution is -2.29. The van der Waals surface area contributed by atoms with Crippen molar-refractivity contribution in [2.24, 2.45) is 0 Å². The Morgan fingerprint density at radius 1 is 1.21 bits per heavy atom. The maximum Gasteiger partial charge on any atom is 0.348 e. The minimum Gasteiger partial charge on any atom is -0.451 e. The van der Waals surface area contributed by atoms with Crippen LogP contribution in [0.3, 0.4) is 0 Å². The van der Waals surface area contributed by atoms with Gasteiger partial charge in [0.25, 0.3) is 5.91 Å². The molecule has 0 fully saturated rings. The summed E-state index contributed by atoms with van der Waals surface area (Å²) >= 11 is 1.34. The zero-order chi connectivity index (χ0) is 20.1. The molecule has 0 aliphatic rings. The number of aromatic nitrogens is 2. The van der Waals surface area contributed by atoms with Crippen molar-refractivity contribution >= 4 is 33.4 Å². The SMILES string of the molecule is CCCCNC(=O)COC(=O)c1cc2c(C)nn(Cc3ccc(C)cc3)c2s1. The van der Waals surface area contributed by atoms with Crippen molar-refractivity contribution in [1.82, 2.24) is 15.1 Å². The van der Waals surface area contributed by atoms with Gasteiger partial charge in [-0.15, -0.1) is 11.3 Å². The van der Waals surface area contributed by atoms with E-state index < -0.39 is 5.97 Å². The van der Waals surface area contributed by atoms with Gasteiger partial charge < -0.3 is 10.1 Å². The summed E-state index contributed by atoms with van der Waals surface area (Å²) in [6, 6.07) is 10.1. The highest BCUT2D eigenvalue weighted by molar-refractivity contribution is 7.20. The molecule has 1 aromatic carbocycles. The summed E-state index contributed by atoms with van der Waals surface area (Å²) in [6.07, 6.45) is 1.91. The van der Waals surface area contributed by atoms with Gasteiger partial charge >= 0.3 is 5.97 Å². The maximum absolute atomic E-state index is 12.3. The minimum atomic E-state index is -0.479. The number of esters is 1. The number of nitrogens with zero attached hydrogens (tertiary/aromatic N) is 2. The van der Waals surface area contributed by atoms with Crippen LogP contribution in [0.1, 0.15) is 46.3 Å². The van der Waals surface area contributed by atoms with Crippen molar-refractivity contribution in [3.63, 3.8) is 0 Å². The van der Waals surface area contributed by atoms with Crippen LogP contribution in [-0.2, 0) is 16.1 Å². The highest BCUT2D eigenvalue weighted by Gasteiger charge is 2.18. The van der Waals surface area contributed by atoms with E-state index >= 15 is 0 Å². The predicted octanol–water partition coefficient (Wildman–Crippen LogP) is 3.84. The largest absolute Gasteiger partial charge is 0.451 e. The number of ether oxygens (including phenoxy) is 1. The lowest BCUT2D eigenvalue weighted by molar-refractivity contribution is -0.124.